The number of hydrogen-bond donors (Lipinski definition) is 0. The molecule has 310 valence electrons. The quantitative estimate of drug-likeness (QED) is 0.121. The average molecular weight is 835 g/mol. The van der Waals surface area contributed by atoms with Crippen molar-refractivity contribution in [2.75, 3.05) is 14.2 Å². The van der Waals surface area contributed by atoms with E-state index in [1.165, 1.54) is 14.2 Å². The summed E-state index contributed by atoms with van der Waals surface area (Å²) in [5, 5.41) is 7.51. The number of fused-ring (bicyclic) bond motifs is 4. The maximum atomic E-state index is 12.8. The fraction of sp³-hybridized carbons (Fsp3) is 0.0690. The highest BCUT2D eigenvalue weighted by Gasteiger charge is 2.22. The summed E-state index contributed by atoms with van der Waals surface area (Å²) < 4.78 is 24.2. The third-order valence-electron chi connectivity index (χ3n) is 12.0. The van der Waals surface area contributed by atoms with Crippen LogP contribution in [-0.4, -0.2) is 26.2 Å². The summed E-state index contributed by atoms with van der Waals surface area (Å²) in [6.45, 7) is 0.473. The number of ether oxygens (including phenoxy) is 4. The molecule has 0 heterocycles. The number of rotatable bonds is 11. The van der Waals surface area contributed by atoms with Crippen LogP contribution in [0, 0.1) is 0 Å². The molecule has 0 amide bonds. The monoisotopic (exact) mass is 834 g/mol. The van der Waals surface area contributed by atoms with Gasteiger partial charge < -0.3 is 18.9 Å². The molecule has 0 fully saturated rings. The van der Waals surface area contributed by atoms with E-state index in [1.54, 1.807) is 0 Å². The number of methoxy groups -OCH3 is 2. The van der Waals surface area contributed by atoms with Crippen molar-refractivity contribution in [1.29, 1.82) is 0 Å². The van der Waals surface area contributed by atoms with Crippen molar-refractivity contribution in [3.05, 3.63) is 216 Å². The van der Waals surface area contributed by atoms with E-state index in [4.69, 9.17) is 18.9 Å². The topological polar surface area (TPSA) is 71.1 Å². The van der Waals surface area contributed by atoms with E-state index in [2.05, 4.69) is 109 Å². The number of carbonyl (C=O) groups excluding carboxylic acids is 2. The van der Waals surface area contributed by atoms with E-state index in [1.807, 2.05) is 84.9 Å². The van der Waals surface area contributed by atoms with Crippen LogP contribution in [0.4, 0.5) is 0 Å². The Morgan fingerprint density at radius 3 is 1.16 bits per heavy atom. The minimum absolute atomic E-state index is 0.236. The van der Waals surface area contributed by atoms with Crippen LogP contribution >= 0.6 is 0 Å². The minimum Gasteiger partial charge on any atom is -0.488 e. The van der Waals surface area contributed by atoms with Gasteiger partial charge in [0.1, 0.15) is 24.7 Å². The molecule has 64 heavy (non-hydrogen) atoms. The lowest BCUT2D eigenvalue weighted by molar-refractivity contribution is 0.0594. The first-order chi connectivity index (χ1) is 31.5. The van der Waals surface area contributed by atoms with Gasteiger partial charge in [-0.3, -0.25) is 0 Å². The van der Waals surface area contributed by atoms with Crippen molar-refractivity contribution < 1.29 is 28.5 Å². The van der Waals surface area contributed by atoms with E-state index < -0.39 is 0 Å². The van der Waals surface area contributed by atoms with Crippen molar-refractivity contribution >= 4 is 55.0 Å². The molecule has 10 aromatic rings. The van der Waals surface area contributed by atoms with Crippen LogP contribution in [0.5, 0.6) is 11.5 Å². The Kier molecular flexibility index (Phi) is 10.8. The molecule has 10 rings (SSSR count). The molecule has 0 bridgehead atoms. The number of hydrogen-bond acceptors (Lipinski definition) is 6. The zero-order chi connectivity index (χ0) is 43.6. The summed E-state index contributed by atoms with van der Waals surface area (Å²) in [6, 6.07) is 65.4. The Labute approximate surface area is 370 Å². The predicted molar refractivity (Wildman–Crippen MR) is 257 cm³/mol. The summed E-state index contributed by atoms with van der Waals surface area (Å²) in [4.78, 5) is 25.6. The first kappa shape index (κ1) is 39.9. The molecule has 10 aromatic carbocycles. The number of esters is 2. The van der Waals surface area contributed by atoms with Gasteiger partial charge in [0.05, 0.1) is 25.3 Å². The van der Waals surface area contributed by atoms with Gasteiger partial charge in [0.25, 0.3) is 0 Å². The van der Waals surface area contributed by atoms with Crippen LogP contribution in [0.25, 0.3) is 76.5 Å². The van der Waals surface area contributed by atoms with Gasteiger partial charge in [0.15, 0.2) is 0 Å². The highest BCUT2D eigenvalue weighted by molar-refractivity contribution is 6.11. The Bertz CT molecular complexity index is 3170. The normalized spacial score (nSPS) is 11.2. The first-order valence-corrected chi connectivity index (χ1v) is 21.2. The average Bonchev–Trinajstić information content (AvgIpc) is 3.36. The molecule has 0 unspecified atom stereocenters. The fourth-order valence-electron chi connectivity index (χ4n) is 8.86. The van der Waals surface area contributed by atoms with Crippen molar-refractivity contribution in [3.8, 4) is 44.9 Å². The van der Waals surface area contributed by atoms with Crippen molar-refractivity contribution in [2.45, 2.75) is 13.2 Å². The molecule has 6 heteroatoms. The summed E-state index contributed by atoms with van der Waals surface area (Å²) in [5.74, 6) is 0.584. The Hall–Kier alpha value is -8.22. The lowest BCUT2D eigenvalue weighted by Gasteiger charge is -2.21. The molecule has 6 nitrogen and oxygen atoms in total. The molecule has 0 saturated heterocycles. The van der Waals surface area contributed by atoms with E-state index in [-0.39, 0.29) is 25.2 Å². The van der Waals surface area contributed by atoms with Crippen molar-refractivity contribution in [2.24, 2.45) is 0 Å². The number of benzene rings is 10. The molecule has 0 radical (unpaired) electrons. The Morgan fingerprint density at radius 2 is 0.750 bits per heavy atom. The molecule has 0 N–H and O–H groups in total. The second-order valence-electron chi connectivity index (χ2n) is 15.7. The second kappa shape index (κ2) is 17.3. The zero-order valence-corrected chi connectivity index (χ0v) is 35.3. The summed E-state index contributed by atoms with van der Waals surface area (Å²) in [7, 11) is 2.80. The highest BCUT2D eigenvalue weighted by atomic mass is 16.5. The van der Waals surface area contributed by atoms with Crippen LogP contribution < -0.4 is 9.47 Å². The molecule has 0 aliphatic rings. The van der Waals surface area contributed by atoms with Crippen LogP contribution in [0.15, 0.2) is 194 Å². The van der Waals surface area contributed by atoms with Crippen LogP contribution in [0.1, 0.15) is 31.8 Å². The fourth-order valence-corrected chi connectivity index (χ4v) is 8.86. The van der Waals surface area contributed by atoms with Gasteiger partial charge in [-0.1, -0.05) is 158 Å². The maximum Gasteiger partial charge on any atom is 0.338 e. The van der Waals surface area contributed by atoms with E-state index in [0.717, 1.165) is 87.6 Å². The highest BCUT2D eigenvalue weighted by Crippen LogP contribution is 2.47. The summed E-state index contributed by atoms with van der Waals surface area (Å²) in [5.41, 5.74) is 9.12. The third-order valence-corrected chi connectivity index (χ3v) is 12.0. The van der Waals surface area contributed by atoms with E-state index in [9.17, 15) is 9.59 Å². The smallest absolute Gasteiger partial charge is 0.338 e. The van der Waals surface area contributed by atoms with Gasteiger partial charge in [-0.05, 0) is 113 Å². The Morgan fingerprint density at radius 1 is 0.359 bits per heavy atom. The molecule has 0 spiro atoms. The lowest BCUT2D eigenvalue weighted by atomic mass is 9.90. The summed E-state index contributed by atoms with van der Waals surface area (Å²) >= 11 is 0. The molecule has 0 atom stereocenters. The number of carbonyl (C=O) groups is 2. The Balaban J connectivity index is 1.16. The molecular formula is C58H42O6. The van der Waals surface area contributed by atoms with Crippen LogP contribution in [-0.2, 0) is 22.7 Å². The molecule has 0 saturated carbocycles. The predicted octanol–water partition coefficient (Wildman–Crippen LogP) is 14.0. The molecule has 0 aromatic heterocycles. The second-order valence-corrected chi connectivity index (χ2v) is 15.7. The molecule has 0 aliphatic heterocycles. The minimum atomic E-state index is -0.387. The van der Waals surface area contributed by atoms with Crippen molar-refractivity contribution in [1.82, 2.24) is 0 Å². The standard InChI is InChI=1S/C58H42O6/c1-61-57(59)51-29-23-43(45-17-9-11-19-49(45)51)35-63-53-31-25-41-33-39(37-13-5-3-6-14-37)21-27-47(41)55(53)56-48-28-22-40(38-15-7-4-8-16-38)34-42(48)26-32-54(56)64-36-44-24-30-52(58(60)62-2)50-20-12-10-18-46(44)50/h3-34H,35-36H2,1-2H3. The van der Waals surface area contributed by atoms with Crippen molar-refractivity contribution in [3.63, 3.8) is 0 Å². The summed E-state index contributed by atoms with van der Waals surface area (Å²) in [6.07, 6.45) is 0. The van der Waals surface area contributed by atoms with Crippen LogP contribution in [0.2, 0.25) is 0 Å². The van der Waals surface area contributed by atoms with Gasteiger partial charge >= 0.3 is 11.9 Å². The largest absolute Gasteiger partial charge is 0.488 e. The van der Waals surface area contributed by atoms with Gasteiger partial charge in [0, 0.05) is 11.1 Å². The van der Waals surface area contributed by atoms with Gasteiger partial charge in [0.2, 0.25) is 0 Å². The van der Waals surface area contributed by atoms with Gasteiger partial charge in [-0.25, -0.2) is 9.59 Å². The first-order valence-electron chi connectivity index (χ1n) is 21.2. The van der Waals surface area contributed by atoms with Gasteiger partial charge in [-0.2, -0.15) is 0 Å². The van der Waals surface area contributed by atoms with E-state index in [0.29, 0.717) is 22.6 Å². The third kappa shape index (κ3) is 7.45. The van der Waals surface area contributed by atoms with Crippen LogP contribution in [0.3, 0.4) is 0 Å². The zero-order valence-electron chi connectivity index (χ0n) is 35.3. The molecule has 0 aliphatic carbocycles. The molecular weight excluding hydrogens is 793 g/mol. The maximum absolute atomic E-state index is 12.8. The SMILES string of the molecule is COC(=O)c1ccc(COc2ccc3cc(-c4ccccc4)ccc3c2-c2c(OCc3ccc(C(=O)OC)c4ccccc34)ccc3cc(-c4ccccc4)ccc23)c2ccccc12. The lowest BCUT2D eigenvalue weighted by Crippen LogP contribution is -2.05. The van der Waals surface area contributed by atoms with E-state index >= 15 is 0 Å². The van der Waals surface area contributed by atoms with Gasteiger partial charge in [-0.15, -0.1) is 0 Å².